The highest BCUT2D eigenvalue weighted by molar-refractivity contribution is 4.97. The van der Waals surface area contributed by atoms with Gasteiger partial charge in [0, 0.05) is 6.04 Å². The molecule has 3 N–H and O–H groups in total. The van der Waals surface area contributed by atoms with E-state index < -0.39 is 0 Å². The molecule has 1 fully saturated rings. The normalized spacial score (nSPS) is 32.5. The number of aliphatic hydroxyl groups is 1. The Labute approximate surface area is 113 Å². The van der Waals surface area contributed by atoms with Crippen molar-refractivity contribution in [2.24, 2.45) is 0 Å². The molecule has 108 valence electrons. The lowest BCUT2D eigenvalue weighted by molar-refractivity contribution is 0.113. The van der Waals surface area contributed by atoms with E-state index in [-0.39, 0.29) is 12.1 Å². The SMILES string of the molecule is CNC1CCCCCCCCCCC1(CO)NC. The Hall–Kier alpha value is -0.120. The third-order valence-electron chi connectivity index (χ3n) is 4.66. The van der Waals surface area contributed by atoms with Crippen LogP contribution in [0.5, 0.6) is 0 Å². The van der Waals surface area contributed by atoms with E-state index in [0.717, 1.165) is 12.8 Å². The van der Waals surface area contributed by atoms with Gasteiger partial charge in [-0.1, -0.05) is 51.4 Å². The second-order valence-corrected chi connectivity index (χ2v) is 5.77. The molecule has 2 unspecified atom stereocenters. The van der Waals surface area contributed by atoms with Gasteiger partial charge in [-0.15, -0.1) is 0 Å². The van der Waals surface area contributed by atoms with Crippen LogP contribution >= 0.6 is 0 Å². The lowest BCUT2D eigenvalue weighted by atomic mass is 9.82. The monoisotopic (exact) mass is 256 g/mol. The summed E-state index contributed by atoms with van der Waals surface area (Å²) in [6, 6.07) is 0.381. The molecule has 0 aromatic carbocycles. The van der Waals surface area contributed by atoms with Crippen LogP contribution in [0.2, 0.25) is 0 Å². The van der Waals surface area contributed by atoms with E-state index in [1.54, 1.807) is 0 Å². The highest BCUT2D eigenvalue weighted by Gasteiger charge is 2.35. The molecule has 0 radical (unpaired) electrons. The summed E-state index contributed by atoms with van der Waals surface area (Å²) in [5.41, 5.74) is -0.131. The van der Waals surface area contributed by atoms with E-state index in [2.05, 4.69) is 10.6 Å². The molecule has 0 amide bonds. The number of rotatable bonds is 3. The molecular formula is C15H32N2O. The maximum absolute atomic E-state index is 9.85. The van der Waals surface area contributed by atoms with Gasteiger partial charge >= 0.3 is 0 Å². The summed E-state index contributed by atoms with van der Waals surface area (Å²) in [4.78, 5) is 0. The van der Waals surface area contributed by atoms with Gasteiger partial charge in [-0.2, -0.15) is 0 Å². The zero-order valence-corrected chi connectivity index (χ0v) is 12.3. The van der Waals surface area contributed by atoms with Crippen LogP contribution in [0.1, 0.15) is 64.2 Å². The van der Waals surface area contributed by atoms with Crippen molar-refractivity contribution in [1.29, 1.82) is 0 Å². The smallest absolute Gasteiger partial charge is 0.0628 e. The molecule has 1 aliphatic rings. The van der Waals surface area contributed by atoms with Gasteiger partial charge in [-0.05, 0) is 26.9 Å². The Morgan fingerprint density at radius 2 is 1.50 bits per heavy atom. The second kappa shape index (κ2) is 8.89. The van der Waals surface area contributed by atoms with E-state index in [0.29, 0.717) is 6.04 Å². The fraction of sp³-hybridized carbons (Fsp3) is 1.00. The molecule has 0 aromatic rings. The first-order valence-corrected chi connectivity index (χ1v) is 7.76. The van der Waals surface area contributed by atoms with Crippen LogP contribution in [0.15, 0.2) is 0 Å². The Balaban J connectivity index is 2.65. The van der Waals surface area contributed by atoms with Gasteiger partial charge in [-0.3, -0.25) is 0 Å². The van der Waals surface area contributed by atoms with E-state index in [4.69, 9.17) is 0 Å². The number of likely N-dealkylation sites (N-methyl/N-ethyl adjacent to an activating group) is 2. The Morgan fingerprint density at radius 1 is 0.944 bits per heavy atom. The van der Waals surface area contributed by atoms with Gasteiger partial charge in [-0.25, -0.2) is 0 Å². The summed E-state index contributed by atoms with van der Waals surface area (Å²) < 4.78 is 0. The standard InChI is InChI=1S/C15H32N2O/c1-16-14-11-9-7-5-3-4-6-8-10-12-15(14,13-18)17-2/h14,16-18H,3-13H2,1-2H3. The zero-order chi connectivity index (χ0) is 13.3. The Kier molecular flexibility index (Phi) is 7.87. The average Bonchev–Trinajstić information content (AvgIpc) is 2.40. The first-order valence-electron chi connectivity index (χ1n) is 7.76. The molecule has 3 heteroatoms. The molecule has 0 bridgehead atoms. The molecule has 2 atom stereocenters. The molecule has 1 saturated carbocycles. The first-order chi connectivity index (χ1) is 8.79. The quantitative estimate of drug-likeness (QED) is 0.727. The van der Waals surface area contributed by atoms with Gasteiger partial charge in [0.05, 0.1) is 12.1 Å². The van der Waals surface area contributed by atoms with Crippen LogP contribution in [0.3, 0.4) is 0 Å². The van der Waals surface area contributed by atoms with Crippen molar-refractivity contribution in [3.8, 4) is 0 Å². The summed E-state index contributed by atoms with van der Waals surface area (Å²) in [5, 5.41) is 16.7. The maximum Gasteiger partial charge on any atom is 0.0628 e. The van der Waals surface area contributed by atoms with E-state index in [9.17, 15) is 5.11 Å². The first kappa shape index (κ1) is 15.9. The predicted molar refractivity (Wildman–Crippen MR) is 77.9 cm³/mol. The minimum absolute atomic E-state index is 0.131. The average molecular weight is 256 g/mol. The molecule has 0 aliphatic heterocycles. The van der Waals surface area contributed by atoms with Gasteiger partial charge in [0.2, 0.25) is 0 Å². The minimum atomic E-state index is -0.131. The number of hydrogen-bond donors (Lipinski definition) is 3. The number of aliphatic hydroxyl groups excluding tert-OH is 1. The van der Waals surface area contributed by atoms with Crippen molar-refractivity contribution in [3.05, 3.63) is 0 Å². The van der Waals surface area contributed by atoms with Crippen LogP contribution in [0, 0.1) is 0 Å². The molecule has 0 heterocycles. The fourth-order valence-corrected chi connectivity index (χ4v) is 3.29. The largest absolute Gasteiger partial charge is 0.394 e. The summed E-state index contributed by atoms with van der Waals surface area (Å²) in [7, 11) is 4.02. The second-order valence-electron chi connectivity index (χ2n) is 5.77. The highest BCUT2D eigenvalue weighted by atomic mass is 16.3. The zero-order valence-electron chi connectivity index (χ0n) is 12.3. The van der Waals surface area contributed by atoms with Gasteiger partial charge < -0.3 is 15.7 Å². The molecule has 0 saturated heterocycles. The molecule has 18 heavy (non-hydrogen) atoms. The predicted octanol–water partition coefficient (Wildman–Crippen LogP) is 2.44. The van der Waals surface area contributed by atoms with Crippen LogP contribution < -0.4 is 10.6 Å². The van der Waals surface area contributed by atoms with Crippen LogP contribution in [-0.4, -0.2) is 37.4 Å². The Morgan fingerprint density at radius 3 is 2.00 bits per heavy atom. The molecule has 1 rings (SSSR count). The highest BCUT2D eigenvalue weighted by Crippen LogP contribution is 2.24. The lowest BCUT2D eigenvalue weighted by Crippen LogP contribution is -2.60. The van der Waals surface area contributed by atoms with Crippen LogP contribution in [0.4, 0.5) is 0 Å². The summed E-state index contributed by atoms with van der Waals surface area (Å²) in [5.74, 6) is 0. The summed E-state index contributed by atoms with van der Waals surface area (Å²) in [6.07, 6.45) is 12.9. The van der Waals surface area contributed by atoms with E-state index >= 15 is 0 Å². The molecule has 3 nitrogen and oxygen atoms in total. The molecule has 1 aliphatic carbocycles. The summed E-state index contributed by atoms with van der Waals surface area (Å²) in [6.45, 7) is 0.231. The number of nitrogens with one attached hydrogen (secondary N) is 2. The third-order valence-corrected chi connectivity index (χ3v) is 4.66. The van der Waals surface area contributed by atoms with E-state index in [1.807, 2.05) is 14.1 Å². The molecule has 0 aromatic heterocycles. The van der Waals surface area contributed by atoms with Crippen LogP contribution in [-0.2, 0) is 0 Å². The van der Waals surface area contributed by atoms with Crippen molar-refractivity contribution in [3.63, 3.8) is 0 Å². The fourth-order valence-electron chi connectivity index (χ4n) is 3.29. The lowest BCUT2D eigenvalue weighted by Gasteiger charge is -2.40. The molecular weight excluding hydrogens is 224 g/mol. The van der Waals surface area contributed by atoms with Crippen molar-refractivity contribution >= 4 is 0 Å². The van der Waals surface area contributed by atoms with Crippen molar-refractivity contribution < 1.29 is 5.11 Å². The van der Waals surface area contributed by atoms with Crippen molar-refractivity contribution in [2.75, 3.05) is 20.7 Å². The third kappa shape index (κ3) is 4.52. The van der Waals surface area contributed by atoms with Crippen molar-refractivity contribution in [2.45, 2.75) is 75.8 Å². The Bertz CT molecular complexity index is 205. The van der Waals surface area contributed by atoms with Crippen molar-refractivity contribution in [1.82, 2.24) is 10.6 Å². The minimum Gasteiger partial charge on any atom is -0.394 e. The topological polar surface area (TPSA) is 44.3 Å². The van der Waals surface area contributed by atoms with E-state index in [1.165, 1.54) is 51.4 Å². The van der Waals surface area contributed by atoms with Gasteiger partial charge in [0.15, 0.2) is 0 Å². The molecule has 0 spiro atoms. The van der Waals surface area contributed by atoms with Gasteiger partial charge in [0.25, 0.3) is 0 Å². The maximum atomic E-state index is 9.85. The van der Waals surface area contributed by atoms with Gasteiger partial charge in [0.1, 0.15) is 0 Å². The van der Waals surface area contributed by atoms with Crippen LogP contribution in [0.25, 0.3) is 0 Å². The number of hydrogen-bond acceptors (Lipinski definition) is 3. The summed E-state index contributed by atoms with van der Waals surface area (Å²) >= 11 is 0.